The van der Waals surface area contributed by atoms with Crippen molar-refractivity contribution in [3.8, 4) is 5.75 Å². The Bertz CT molecular complexity index is 1590. The van der Waals surface area contributed by atoms with Crippen LogP contribution in [0.5, 0.6) is 5.75 Å². The zero-order chi connectivity index (χ0) is 30.9. The number of halogens is 1. The molecule has 1 saturated heterocycles. The van der Waals surface area contributed by atoms with Crippen LogP contribution < -0.4 is 10.1 Å². The van der Waals surface area contributed by atoms with Crippen LogP contribution in [0, 0.1) is 0 Å². The zero-order valence-corrected chi connectivity index (χ0v) is 25.3. The summed E-state index contributed by atoms with van der Waals surface area (Å²) in [5.41, 5.74) is 0.679. The van der Waals surface area contributed by atoms with Crippen LogP contribution in [-0.2, 0) is 9.59 Å². The van der Waals surface area contributed by atoms with E-state index in [9.17, 15) is 24.3 Å². The predicted octanol–water partition coefficient (Wildman–Crippen LogP) is 4.73. The number of carboxylic acids is 1. The van der Waals surface area contributed by atoms with Crippen LogP contribution in [0.15, 0.2) is 59.7 Å². The van der Waals surface area contributed by atoms with Gasteiger partial charge in [0, 0.05) is 29.9 Å². The molecule has 0 aliphatic carbocycles. The van der Waals surface area contributed by atoms with E-state index in [1.165, 1.54) is 28.6 Å². The van der Waals surface area contributed by atoms with E-state index >= 15 is 0 Å². The molecule has 224 valence electrons. The van der Waals surface area contributed by atoms with Crippen molar-refractivity contribution in [3.05, 3.63) is 81.3 Å². The quantitative estimate of drug-likeness (QED) is 0.286. The van der Waals surface area contributed by atoms with Gasteiger partial charge in [-0.15, -0.1) is 0 Å². The third kappa shape index (κ3) is 6.70. The average Bonchev–Trinajstić information content (AvgIpc) is 3.60. The highest BCUT2D eigenvalue weighted by atomic mass is 35.5. The summed E-state index contributed by atoms with van der Waals surface area (Å²) in [6.45, 7) is 6.02. The van der Waals surface area contributed by atoms with Crippen molar-refractivity contribution in [2.75, 3.05) is 19.6 Å². The maximum absolute atomic E-state index is 14.4. The Labute approximate surface area is 257 Å². The van der Waals surface area contributed by atoms with E-state index in [4.69, 9.17) is 21.3 Å². The number of aromatic nitrogens is 1. The molecule has 3 heterocycles. The van der Waals surface area contributed by atoms with Crippen LogP contribution in [0.25, 0.3) is 0 Å². The monoisotopic (exact) mass is 623 g/mol. The molecule has 0 radical (unpaired) electrons. The zero-order valence-electron chi connectivity index (χ0n) is 23.7. The molecule has 0 spiro atoms. The first-order valence-electron chi connectivity index (χ1n) is 13.6. The maximum atomic E-state index is 14.4. The van der Waals surface area contributed by atoms with E-state index in [0.29, 0.717) is 23.7 Å². The molecule has 2 N–H and O–H groups in total. The SMILES string of the molecule is CC(C)(C)Oc1cc(C(=O)CC(=O)O)ccc1C1=N[C@@H](c2ccc(Cl)cc2)[C@@H](c2ccns2)N1C(=O)N1CCNC(=O)C1. The predicted molar refractivity (Wildman–Crippen MR) is 161 cm³/mol. The number of rotatable bonds is 7. The number of benzene rings is 2. The van der Waals surface area contributed by atoms with Crippen molar-refractivity contribution < 1.29 is 29.0 Å². The molecule has 2 aromatic carbocycles. The Morgan fingerprint density at radius 1 is 1.14 bits per heavy atom. The van der Waals surface area contributed by atoms with Gasteiger partial charge in [-0.25, -0.2) is 9.17 Å². The second-order valence-electron chi connectivity index (χ2n) is 11.2. The number of carbonyl (C=O) groups excluding carboxylic acids is 3. The number of nitrogens with one attached hydrogen (secondary N) is 1. The van der Waals surface area contributed by atoms with E-state index in [2.05, 4.69) is 9.69 Å². The van der Waals surface area contributed by atoms with Gasteiger partial charge in [0.1, 0.15) is 42.2 Å². The van der Waals surface area contributed by atoms with Gasteiger partial charge < -0.3 is 20.1 Å². The summed E-state index contributed by atoms with van der Waals surface area (Å²) in [6, 6.07) is 12.1. The van der Waals surface area contributed by atoms with Gasteiger partial charge in [-0.1, -0.05) is 29.8 Å². The lowest BCUT2D eigenvalue weighted by Crippen LogP contribution is -2.55. The molecule has 2 aliphatic heterocycles. The highest BCUT2D eigenvalue weighted by Gasteiger charge is 2.46. The number of Topliss-reactive ketones (excluding diaryl/α,β-unsaturated/α-hetero) is 1. The number of amidine groups is 1. The summed E-state index contributed by atoms with van der Waals surface area (Å²) in [4.78, 5) is 59.5. The van der Waals surface area contributed by atoms with Gasteiger partial charge in [-0.3, -0.25) is 24.3 Å². The van der Waals surface area contributed by atoms with Crippen molar-refractivity contribution in [1.29, 1.82) is 0 Å². The topological polar surface area (TPSA) is 142 Å². The van der Waals surface area contributed by atoms with E-state index in [1.807, 2.05) is 39.0 Å². The van der Waals surface area contributed by atoms with Crippen LogP contribution in [0.3, 0.4) is 0 Å². The number of carboxylic acid groups (broad SMARTS) is 1. The smallest absolute Gasteiger partial charge is 0.326 e. The van der Waals surface area contributed by atoms with Crippen LogP contribution in [-0.4, -0.2) is 74.0 Å². The number of hydrogen-bond donors (Lipinski definition) is 2. The van der Waals surface area contributed by atoms with Crippen molar-refractivity contribution in [2.24, 2.45) is 4.99 Å². The first kappa shape index (κ1) is 30.2. The average molecular weight is 624 g/mol. The Morgan fingerprint density at radius 2 is 1.88 bits per heavy atom. The molecule has 0 bridgehead atoms. The molecule has 0 saturated carbocycles. The Morgan fingerprint density at radius 3 is 2.51 bits per heavy atom. The van der Waals surface area contributed by atoms with Crippen molar-refractivity contribution >= 4 is 52.7 Å². The van der Waals surface area contributed by atoms with Crippen molar-refractivity contribution in [2.45, 2.75) is 44.9 Å². The molecule has 5 rings (SSSR count). The summed E-state index contributed by atoms with van der Waals surface area (Å²) in [6.07, 6.45) is 0.980. The number of ketones is 1. The highest BCUT2D eigenvalue weighted by molar-refractivity contribution is 7.05. The maximum Gasteiger partial charge on any atom is 0.326 e. The third-order valence-electron chi connectivity index (χ3n) is 6.81. The molecule has 11 nitrogen and oxygen atoms in total. The minimum absolute atomic E-state index is 0.113. The van der Waals surface area contributed by atoms with Gasteiger partial charge in [0.2, 0.25) is 5.91 Å². The van der Waals surface area contributed by atoms with E-state index in [1.54, 1.807) is 29.3 Å². The lowest BCUT2D eigenvalue weighted by Gasteiger charge is -2.35. The van der Waals surface area contributed by atoms with Crippen molar-refractivity contribution in [3.63, 3.8) is 0 Å². The highest BCUT2D eigenvalue weighted by Crippen LogP contribution is 2.46. The summed E-state index contributed by atoms with van der Waals surface area (Å²) in [7, 11) is 0. The van der Waals surface area contributed by atoms with Crippen LogP contribution in [0.2, 0.25) is 5.02 Å². The molecule has 3 aromatic rings. The molecule has 43 heavy (non-hydrogen) atoms. The minimum Gasteiger partial charge on any atom is -0.487 e. The molecule has 13 heteroatoms. The van der Waals surface area contributed by atoms with Gasteiger partial charge >= 0.3 is 12.0 Å². The second-order valence-corrected chi connectivity index (χ2v) is 12.5. The Kier molecular flexibility index (Phi) is 8.52. The van der Waals surface area contributed by atoms with Gasteiger partial charge in [-0.05, 0) is 68.2 Å². The Balaban J connectivity index is 1.69. The molecule has 1 fully saturated rings. The Hall–Kier alpha value is -4.29. The number of aliphatic carboxylic acids is 1. The number of carbonyl (C=O) groups is 4. The molecular formula is C30H30ClN5O6S. The number of hydrogen-bond acceptors (Lipinski definition) is 8. The fourth-order valence-electron chi connectivity index (χ4n) is 5.01. The van der Waals surface area contributed by atoms with Gasteiger partial charge in [0.15, 0.2) is 5.78 Å². The second kappa shape index (κ2) is 12.1. The number of urea groups is 1. The molecular weight excluding hydrogens is 594 g/mol. The van der Waals surface area contributed by atoms with E-state index < -0.39 is 41.9 Å². The van der Waals surface area contributed by atoms with E-state index in [0.717, 1.165) is 10.4 Å². The van der Waals surface area contributed by atoms with Gasteiger partial charge in [0.05, 0.1) is 10.4 Å². The molecule has 3 amide bonds. The van der Waals surface area contributed by atoms with Gasteiger partial charge in [0.25, 0.3) is 0 Å². The summed E-state index contributed by atoms with van der Waals surface area (Å²) in [5, 5.41) is 12.5. The fourth-order valence-corrected chi connectivity index (χ4v) is 5.85. The molecule has 2 aliphatic rings. The number of nitrogens with zero attached hydrogens (tertiary/aromatic N) is 4. The minimum atomic E-state index is -1.24. The number of amides is 3. The third-order valence-corrected chi connectivity index (χ3v) is 7.88. The summed E-state index contributed by atoms with van der Waals surface area (Å²) >= 11 is 7.43. The number of aliphatic imine (C=N–C) groups is 1. The number of piperazine rings is 1. The van der Waals surface area contributed by atoms with Gasteiger partial charge in [-0.2, -0.15) is 0 Å². The number of ether oxygens (including phenoxy) is 1. The molecule has 1 aromatic heterocycles. The summed E-state index contributed by atoms with van der Waals surface area (Å²) < 4.78 is 10.6. The van der Waals surface area contributed by atoms with Crippen molar-refractivity contribution in [1.82, 2.24) is 19.5 Å². The fraction of sp³-hybridized carbons (Fsp3) is 0.333. The van der Waals surface area contributed by atoms with Crippen LogP contribution in [0.1, 0.15) is 65.6 Å². The molecule has 2 atom stereocenters. The lowest BCUT2D eigenvalue weighted by molar-refractivity contribution is -0.136. The summed E-state index contributed by atoms with van der Waals surface area (Å²) in [5.74, 6) is -1.55. The van der Waals surface area contributed by atoms with E-state index in [-0.39, 0.29) is 29.6 Å². The first-order chi connectivity index (χ1) is 20.4. The largest absolute Gasteiger partial charge is 0.487 e. The van der Waals surface area contributed by atoms with Crippen LogP contribution >= 0.6 is 23.1 Å². The first-order valence-corrected chi connectivity index (χ1v) is 14.7. The molecule has 0 unspecified atom stereocenters. The lowest BCUT2D eigenvalue weighted by atomic mass is 9.98. The van der Waals surface area contributed by atoms with Crippen LogP contribution in [0.4, 0.5) is 4.79 Å². The standard InChI is InChI=1S/C30H30ClN5O6S/c1-30(2,3)42-22-14-18(21(37)15-25(39)40)6-9-20(22)28-34-26(17-4-7-19(31)8-5-17)27(23-10-11-33-43-23)36(28)29(41)35-13-12-32-24(38)16-35/h4-11,14,26-27H,12-13,15-16H2,1-3H3,(H,32,38)(H,39,40)/t26-,27+/m0/s1. The normalized spacial score (nSPS) is 18.7.